The van der Waals surface area contributed by atoms with Crippen LogP contribution in [0, 0.1) is 0 Å². The maximum Gasteiger partial charge on any atom is 0.0576 e. The third kappa shape index (κ3) is 2.55. The van der Waals surface area contributed by atoms with Gasteiger partial charge in [0.25, 0.3) is 0 Å². The Morgan fingerprint density at radius 1 is 1.00 bits per heavy atom. The number of hydrogen-bond acceptors (Lipinski definition) is 2. The summed E-state index contributed by atoms with van der Waals surface area (Å²) in [6.07, 6.45) is 0. The van der Waals surface area contributed by atoms with E-state index in [1.54, 1.807) is 0 Å². The van der Waals surface area contributed by atoms with Crippen molar-refractivity contribution in [1.82, 2.24) is 0 Å². The Hall–Kier alpha value is -1.48. The van der Waals surface area contributed by atoms with Crippen molar-refractivity contribution in [3.63, 3.8) is 0 Å². The number of nitrogens with two attached hydrogens (primary N) is 1. The summed E-state index contributed by atoms with van der Waals surface area (Å²) < 4.78 is 1.11. The van der Waals surface area contributed by atoms with E-state index in [9.17, 15) is 0 Å². The molecule has 0 fully saturated rings. The number of para-hydroxylation sites is 2. The van der Waals surface area contributed by atoms with Crippen LogP contribution in [0.1, 0.15) is 5.56 Å². The van der Waals surface area contributed by atoms with Gasteiger partial charge < -0.3 is 11.1 Å². The summed E-state index contributed by atoms with van der Waals surface area (Å²) >= 11 is 3.52. The van der Waals surface area contributed by atoms with E-state index in [0.717, 1.165) is 22.4 Å². The molecule has 2 aromatic rings. The summed E-state index contributed by atoms with van der Waals surface area (Å²) in [5.74, 6) is 0. The van der Waals surface area contributed by atoms with Gasteiger partial charge in [-0.1, -0.05) is 46.3 Å². The van der Waals surface area contributed by atoms with Gasteiger partial charge >= 0.3 is 0 Å². The maximum atomic E-state index is 5.85. The first kappa shape index (κ1) is 11.0. The fourth-order valence-corrected chi connectivity index (χ4v) is 1.92. The van der Waals surface area contributed by atoms with Crippen LogP contribution in [-0.4, -0.2) is 0 Å². The van der Waals surface area contributed by atoms with Crippen LogP contribution in [-0.2, 0) is 6.54 Å². The molecule has 3 heteroatoms. The van der Waals surface area contributed by atoms with E-state index in [4.69, 9.17) is 5.73 Å². The standard InChI is InChI=1S/C13H13BrN2/c14-11-6-2-1-5-10(11)9-16-13-8-4-3-7-12(13)15/h1-8,16H,9,15H2. The second kappa shape index (κ2) is 5.03. The van der Waals surface area contributed by atoms with Gasteiger partial charge in [-0.3, -0.25) is 0 Å². The Balaban J connectivity index is 2.09. The Bertz CT molecular complexity index is 437. The minimum absolute atomic E-state index is 0.760. The van der Waals surface area contributed by atoms with Crippen molar-refractivity contribution in [3.8, 4) is 0 Å². The van der Waals surface area contributed by atoms with Crippen LogP contribution in [0.2, 0.25) is 0 Å². The number of halogens is 1. The minimum atomic E-state index is 0.760. The van der Waals surface area contributed by atoms with Gasteiger partial charge in [-0.2, -0.15) is 0 Å². The van der Waals surface area contributed by atoms with E-state index in [1.165, 1.54) is 5.56 Å². The van der Waals surface area contributed by atoms with Crippen LogP contribution >= 0.6 is 15.9 Å². The van der Waals surface area contributed by atoms with E-state index < -0.39 is 0 Å². The van der Waals surface area contributed by atoms with E-state index in [1.807, 2.05) is 42.5 Å². The molecule has 0 aliphatic heterocycles. The van der Waals surface area contributed by atoms with E-state index in [2.05, 4.69) is 27.3 Å². The van der Waals surface area contributed by atoms with Gasteiger partial charge in [0, 0.05) is 11.0 Å². The van der Waals surface area contributed by atoms with Crippen molar-refractivity contribution >= 4 is 27.3 Å². The predicted molar refractivity (Wildman–Crippen MR) is 72.3 cm³/mol. The van der Waals surface area contributed by atoms with Gasteiger partial charge in [-0.05, 0) is 23.8 Å². The SMILES string of the molecule is Nc1ccccc1NCc1ccccc1Br. The zero-order valence-electron chi connectivity index (χ0n) is 8.78. The molecule has 3 N–H and O–H groups in total. The van der Waals surface area contributed by atoms with Gasteiger partial charge in [0.1, 0.15) is 0 Å². The number of benzene rings is 2. The highest BCUT2D eigenvalue weighted by atomic mass is 79.9. The predicted octanol–water partition coefficient (Wildman–Crippen LogP) is 3.64. The van der Waals surface area contributed by atoms with Crippen molar-refractivity contribution in [2.75, 3.05) is 11.1 Å². The number of hydrogen-bond donors (Lipinski definition) is 2. The van der Waals surface area contributed by atoms with Gasteiger partial charge in [-0.15, -0.1) is 0 Å². The molecule has 16 heavy (non-hydrogen) atoms. The molecule has 0 radical (unpaired) electrons. The van der Waals surface area contributed by atoms with Crippen LogP contribution in [0.3, 0.4) is 0 Å². The second-order valence-corrected chi connectivity index (χ2v) is 4.39. The van der Waals surface area contributed by atoms with Crippen LogP contribution in [0.4, 0.5) is 11.4 Å². The smallest absolute Gasteiger partial charge is 0.0576 e. The van der Waals surface area contributed by atoms with Crippen molar-refractivity contribution in [2.45, 2.75) is 6.54 Å². The maximum absolute atomic E-state index is 5.85. The highest BCUT2D eigenvalue weighted by Gasteiger charge is 2.00. The molecule has 2 rings (SSSR count). The molecule has 0 spiro atoms. The van der Waals surface area contributed by atoms with Crippen LogP contribution in [0.5, 0.6) is 0 Å². The van der Waals surface area contributed by atoms with Crippen molar-refractivity contribution in [2.24, 2.45) is 0 Å². The average Bonchev–Trinajstić information content (AvgIpc) is 2.30. The summed E-state index contributed by atoms with van der Waals surface area (Å²) in [6.45, 7) is 0.760. The van der Waals surface area contributed by atoms with Gasteiger partial charge in [0.2, 0.25) is 0 Å². The minimum Gasteiger partial charge on any atom is -0.397 e. The number of nitrogens with one attached hydrogen (secondary N) is 1. The zero-order chi connectivity index (χ0) is 11.4. The topological polar surface area (TPSA) is 38.0 Å². The second-order valence-electron chi connectivity index (χ2n) is 3.53. The normalized spacial score (nSPS) is 10.1. The van der Waals surface area contributed by atoms with Crippen molar-refractivity contribution in [1.29, 1.82) is 0 Å². The fraction of sp³-hybridized carbons (Fsp3) is 0.0769. The molecule has 82 valence electrons. The van der Waals surface area contributed by atoms with Crippen molar-refractivity contribution < 1.29 is 0 Å². The fourth-order valence-electron chi connectivity index (χ4n) is 1.49. The largest absolute Gasteiger partial charge is 0.397 e. The zero-order valence-corrected chi connectivity index (χ0v) is 10.4. The molecular weight excluding hydrogens is 264 g/mol. The highest BCUT2D eigenvalue weighted by molar-refractivity contribution is 9.10. The molecule has 2 nitrogen and oxygen atoms in total. The Morgan fingerprint density at radius 3 is 2.44 bits per heavy atom. The molecule has 0 bridgehead atoms. The quantitative estimate of drug-likeness (QED) is 0.840. The first-order chi connectivity index (χ1) is 7.77. The summed E-state index contributed by atoms with van der Waals surface area (Å²) in [5.41, 5.74) is 8.81. The Kier molecular flexibility index (Phi) is 3.47. The first-order valence-electron chi connectivity index (χ1n) is 5.09. The van der Waals surface area contributed by atoms with Gasteiger partial charge in [0.05, 0.1) is 11.4 Å². The number of rotatable bonds is 3. The first-order valence-corrected chi connectivity index (χ1v) is 5.88. The van der Waals surface area contributed by atoms with E-state index in [-0.39, 0.29) is 0 Å². The van der Waals surface area contributed by atoms with Gasteiger partial charge in [-0.25, -0.2) is 0 Å². The molecule has 0 saturated carbocycles. The summed E-state index contributed by atoms with van der Waals surface area (Å²) in [6, 6.07) is 15.9. The summed E-state index contributed by atoms with van der Waals surface area (Å²) in [7, 11) is 0. The van der Waals surface area contributed by atoms with Crippen molar-refractivity contribution in [3.05, 3.63) is 58.6 Å². The molecule has 0 saturated heterocycles. The number of nitrogen functional groups attached to an aromatic ring is 1. The summed E-state index contributed by atoms with van der Waals surface area (Å²) in [5, 5.41) is 3.32. The third-order valence-electron chi connectivity index (χ3n) is 2.39. The molecular formula is C13H13BrN2. The lowest BCUT2D eigenvalue weighted by molar-refractivity contribution is 1.14. The Labute approximate surface area is 104 Å². The van der Waals surface area contributed by atoms with Gasteiger partial charge in [0.15, 0.2) is 0 Å². The summed E-state index contributed by atoms with van der Waals surface area (Å²) in [4.78, 5) is 0. The molecule has 0 aliphatic rings. The molecule has 0 heterocycles. The van der Waals surface area contributed by atoms with Crippen LogP contribution in [0.15, 0.2) is 53.0 Å². The van der Waals surface area contributed by atoms with E-state index >= 15 is 0 Å². The number of anilines is 2. The van der Waals surface area contributed by atoms with Crippen LogP contribution < -0.4 is 11.1 Å². The van der Waals surface area contributed by atoms with E-state index in [0.29, 0.717) is 0 Å². The lowest BCUT2D eigenvalue weighted by Crippen LogP contribution is -2.02. The highest BCUT2D eigenvalue weighted by Crippen LogP contribution is 2.20. The Morgan fingerprint density at radius 2 is 1.69 bits per heavy atom. The molecule has 0 unspecified atom stereocenters. The average molecular weight is 277 g/mol. The lowest BCUT2D eigenvalue weighted by Gasteiger charge is -2.10. The molecule has 0 aliphatic carbocycles. The third-order valence-corrected chi connectivity index (χ3v) is 3.16. The monoisotopic (exact) mass is 276 g/mol. The molecule has 0 amide bonds. The molecule has 0 atom stereocenters. The molecule has 0 aromatic heterocycles. The lowest BCUT2D eigenvalue weighted by atomic mass is 10.2. The van der Waals surface area contributed by atoms with Crippen LogP contribution in [0.25, 0.3) is 0 Å². The molecule has 2 aromatic carbocycles.